The average Bonchev–Trinajstić information content (AvgIpc) is 2.50. The van der Waals surface area contributed by atoms with Crippen LogP contribution in [0.1, 0.15) is 48.2 Å². The second kappa shape index (κ2) is 7.19. The van der Waals surface area contributed by atoms with Crippen LogP contribution in [0.5, 0.6) is 0 Å². The molecule has 116 valence electrons. The zero-order valence-corrected chi connectivity index (χ0v) is 13.7. The van der Waals surface area contributed by atoms with Gasteiger partial charge in [-0.05, 0) is 57.7 Å². The van der Waals surface area contributed by atoms with Crippen molar-refractivity contribution in [3.8, 4) is 0 Å². The maximum Gasteiger partial charge on any atom is 0.179 e. The predicted molar refractivity (Wildman–Crippen MR) is 85.9 cm³/mol. The molecule has 1 aromatic carbocycles. The summed E-state index contributed by atoms with van der Waals surface area (Å²) in [6.07, 6.45) is 2.42. The third kappa shape index (κ3) is 3.92. The molecule has 0 spiro atoms. The summed E-state index contributed by atoms with van der Waals surface area (Å²) in [7, 11) is 0. The Kier molecular flexibility index (Phi) is 5.54. The maximum absolute atomic E-state index is 12.6. The number of carbonyl (C=O) groups is 1. The van der Waals surface area contributed by atoms with Crippen molar-refractivity contribution in [3.63, 3.8) is 0 Å². The second-order valence-electron chi connectivity index (χ2n) is 6.03. The monoisotopic (exact) mass is 289 g/mol. The van der Waals surface area contributed by atoms with Crippen molar-refractivity contribution in [2.45, 2.75) is 52.7 Å². The second-order valence-corrected chi connectivity index (χ2v) is 6.03. The molecule has 0 radical (unpaired) electrons. The first-order valence-corrected chi connectivity index (χ1v) is 8.00. The van der Waals surface area contributed by atoms with Crippen LogP contribution in [0, 0.1) is 13.8 Å². The minimum absolute atomic E-state index is 0.0466. The fraction of sp³-hybridized carbons (Fsp3) is 0.611. The number of ketones is 1. The standard InChI is InChI=1S/C18H27NO2/c1-5-21-17-8-10-19(11-9-17)15(4)18(20)16-7-6-13(2)14(3)12-16/h6-7,12,15,17H,5,8-11H2,1-4H3. The molecule has 0 bridgehead atoms. The number of rotatable bonds is 5. The Morgan fingerprint density at radius 1 is 1.29 bits per heavy atom. The van der Waals surface area contributed by atoms with E-state index < -0.39 is 0 Å². The molecule has 0 amide bonds. The van der Waals surface area contributed by atoms with Gasteiger partial charge < -0.3 is 4.74 Å². The van der Waals surface area contributed by atoms with E-state index in [0.29, 0.717) is 6.10 Å². The highest BCUT2D eigenvalue weighted by Crippen LogP contribution is 2.19. The Labute approximate surface area is 128 Å². The first-order valence-electron chi connectivity index (χ1n) is 8.00. The average molecular weight is 289 g/mol. The van der Waals surface area contributed by atoms with Gasteiger partial charge in [-0.15, -0.1) is 0 Å². The number of ether oxygens (including phenoxy) is 1. The summed E-state index contributed by atoms with van der Waals surface area (Å²) in [6.45, 7) is 10.9. The van der Waals surface area contributed by atoms with Crippen LogP contribution in [0.15, 0.2) is 18.2 Å². The summed E-state index contributed by atoms with van der Waals surface area (Å²) in [5.41, 5.74) is 3.25. The highest BCUT2D eigenvalue weighted by atomic mass is 16.5. The van der Waals surface area contributed by atoms with E-state index >= 15 is 0 Å². The number of piperidine rings is 1. The van der Waals surface area contributed by atoms with Gasteiger partial charge in [0.15, 0.2) is 5.78 Å². The summed E-state index contributed by atoms with van der Waals surface area (Å²) >= 11 is 0. The van der Waals surface area contributed by atoms with Gasteiger partial charge in [0.05, 0.1) is 12.1 Å². The zero-order chi connectivity index (χ0) is 15.4. The number of Topliss-reactive ketones (excluding diaryl/α,β-unsaturated/α-hetero) is 1. The molecule has 2 rings (SSSR count). The molecule has 0 aliphatic carbocycles. The van der Waals surface area contributed by atoms with Gasteiger partial charge in [-0.2, -0.15) is 0 Å². The van der Waals surface area contributed by atoms with E-state index in [1.807, 2.05) is 32.0 Å². The van der Waals surface area contributed by atoms with Crippen molar-refractivity contribution in [3.05, 3.63) is 34.9 Å². The number of benzene rings is 1. The molecule has 1 aliphatic heterocycles. The molecule has 1 heterocycles. The minimum atomic E-state index is -0.0466. The van der Waals surface area contributed by atoms with Gasteiger partial charge in [-0.3, -0.25) is 9.69 Å². The quantitative estimate of drug-likeness (QED) is 0.778. The van der Waals surface area contributed by atoms with Gasteiger partial charge in [-0.1, -0.05) is 12.1 Å². The Bertz CT molecular complexity index is 490. The summed E-state index contributed by atoms with van der Waals surface area (Å²) < 4.78 is 5.67. The molecule has 1 unspecified atom stereocenters. The first kappa shape index (κ1) is 16.2. The van der Waals surface area contributed by atoms with Crippen LogP contribution in [0.4, 0.5) is 0 Å². The maximum atomic E-state index is 12.6. The Morgan fingerprint density at radius 2 is 1.95 bits per heavy atom. The third-order valence-electron chi connectivity index (χ3n) is 4.60. The van der Waals surface area contributed by atoms with Crippen molar-refractivity contribution in [2.24, 2.45) is 0 Å². The minimum Gasteiger partial charge on any atom is -0.378 e. The van der Waals surface area contributed by atoms with Gasteiger partial charge in [0.25, 0.3) is 0 Å². The van der Waals surface area contributed by atoms with Gasteiger partial charge in [-0.25, -0.2) is 0 Å². The van der Waals surface area contributed by atoms with Gasteiger partial charge >= 0.3 is 0 Å². The van der Waals surface area contributed by atoms with Crippen LogP contribution < -0.4 is 0 Å². The molecule has 1 aromatic rings. The molecule has 3 nitrogen and oxygen atoms in total. The van der Waals surface area contributed by atoms with Crippen LogP contribution in [0.25, 0.3) is 0 Å². The molecule has 1 saturated heterocycles. The van der Waals surface area contributed by atoms with Crippen molar-refractivity contribution in [1.29, 1.82) is 0 Å². The highest BCUT2D eigenvalue weighted by molar-refractivity contribution is 6.00. The first-order chi connectivity index (χ1) is 10.0. The van der Waals surface area contributed by atoms with Gasteiger partial charge in [0.2, 0.25) is 0 Å². The fourth-order valence-electron chi connectivity index (χ4n) is 2.97. The van der Waals surface area contributed by atoms with Crippen LogP contribution >= 0.6 is 0 Å². The summed E-state index contributed by atoms with van der Waals surface area (Å²) in [4.78, 5) is 14.9. The third-order valence-corrected chi connectivity index (χ3v) is 4.60. The van der Waals surface area contributed by atoms with E-state index in [-0.39, 0.29) is 11.8 Å². The Balaban J connectivity index is 1.98. The largest absolute Gasteiger partial charge is 0.378 e. The van der Waals surface area contributed by atoms with E-state index in [1.165, 1.54) is 11.1 Å². The van der Waals surface area contributed by atoms with Crippen molar-refractivity contribution in [2.75, 3.05) is 19.7 Å². The van der Waals surface area contributed by atoms with Crippen molar-refractivity contribution < 1.29 is 9.53 Å². The van der Waals surface area contributed by atoms with E-state index in [0.717, 1.165) is 38.1 Å². The molecule has 21 heavy (non-hydrogen) atoms. The molecule has 3 heteroatoms. The lowest BCUT2D eigenvalue weighted by molar-refractivity contribution is 0.00677. The number of hydrogen-bond donors (Lipinski definition) is 0. The van der Waals surface area contributed by atoms with E-state index in [9.17, 15) is 4.79 Å². The van der Waals surface area contributed by atoms with Crippen molar-refractivity contribution in [1.82, 2.24) is 4.90 Å². The lowest BCUT2D eigenvalue weighted by Crippen LogP contribution is -2.45. The number of carbonyl (C=O) groups excluding carboxylic acids is 1. The van der Waals surface area contributed by atoms with Gasteiger partial charge in [0.1, 0.15) is 0 Å². The molecular formula is C18H27NO2. The normalized spacial score (nSPS) is 18.7. The Hall–Kier alpha value is -1.19. The number of nitrogens with zero attached hydrogens (tertiary/aromatic N) is 1. The zero-order valence-electron chi connectivity index (χ0n) is 13.7. The molecule has 1 atom stereocenters. The summed E-state index contributed by atoms with van der Waals surface area (Å²) in [5, 5.41) is 0. The summed E-state index contributed by atoms with van der Waals surface area (Å²) in [5.74, 6) is 0.230. The Morgan fingerprint density at radius 3 is 2.52 bits per heavy atom. The molecule has 1 fully saturated rings. The number of hydrogen-bond acceptors (Lipinski definition) is 3. The van der Waals surface area contributed by atoms with Crippen LogP contribution in [-0.2, 0) is 4.74 Å². The van der Waals surface area contributed by atoms with E-state index in [4.69, 9.17) is 4.74 Å². The van der Waals surface area contributed by atoms with E-state index in [1.54, 1.807) is 0 Å². The SMILES string of the molecule is CCOC1CCN(C(C)C(=O)c2ccc(C)c(C)c2)CC1. The van der Waals surface area contributed by atoms with Crippen LogP contribution in [-0.4, -0.2) is 42.5 Å². The molecule has 0 aromatic heterocycles. The fourth-order valence-corrected chi connectivity index (χ4v) is 2.97. The molecule has 1 aliphatic rings. The lowest BCUT2D eigenvalue weighted by Gasteiger charge is -2.35. The number of likely N-dealkylation sites (tertiary alicyclic amines) is 1. The molecule has 0 saturated carbocycles. The molecule has 0 N–H and O–H groups in total. The van der Waals surface area contributed by atoms with Crippen LogP contribution in [0.2, 0.25) is 0 Å². The van der Waals surface area contributed by atoms with E-state index in [2.05, 4.69) is 18.7 Å². The van der Waals surface area contributed by atoms with Crippen LogP contribution in [0.3, 0.4) is 0 Å². The smallest absolute Gasteiger partial charge is 0.179 e. The topological polar surface area (TPSA) is 29.5 Å². The van der Waals surface area contributed by atoms with Gasteiger partial charge in [0, 0.05) is 25.3 Å². The number of aryl methyl sites for hydroxylation is 2. The van der Waals surface area contributed by atoms with Crippen molar-refractivity contribution >= 4 is 5.78 Å². The highest BCUT2D eigenvalue weighted by Gasteiger charge is 2.27. The lowest BCUT2D eigenvalue weighted by atomic mass is 9.98. The predicted octanol–water partition coefficient (Wildman–Crippen LogP) is 3.38. The summed E-state index contributed by atoms with van der Waals surface area (Å²) in [6, 6.07) is 5.96. The molecular weight excluding hydrogens is 262 g/mol.